The molecule has 2 aromatic heterocycles. The van der Waals surface area contributed by atoms with Gasteiger partial charge in [0.1, 0.15) is 29.0 Å². The van der Waals surface area contributed by atoms with Crippen molar-refractivity contribution in [1.29, 1.82) is 0 Å². The molecule has 2 aromatic rings. The maximum atomic E-state index is 13.0. The van der Waals surface area contributed by atoms with Gasteiger partial charge >= 0.3 is 6.09 Å². The first-order valence-electron chi connectivity index (χ1n) is 9.46. The van der Waals surface area contributed by atoms with E-state index in [4.69, 9.17) is 10.5 Å². The number of aromatic nitrogens is 2. The summed E-state index contributed by atoms with van der Waals surface area (Å²) in [5, 5.41) is 11.6. The zero-order valence-electron chi connectivity index (χ0n) is 18.6. The second kappa shape index (κ2) is 13.0. The minimum Gasteiger partial charge on any atom is -0.444 e. The lowest BCUT2D eigenvalue weighted by Crippen LogP contribution is -2.35. The Morgan fingerprint density at radius 1 is 1.12 bits per heavy atom. The molecular formula is C21H29ClF2N4O4. The zero-order valence-corrected chi connectivity index (χ0v) is 19.4. The van der Waals surface area contributed by atoms with E-state index >= 15 is 0 Å². The summed E-state index contributed by atoms with van der Waals surface area (Å²) in [6.07, 6.45) is 0.587. The van der Waals surface area contributed by atoms with Crippen LogP contribution >= 0.6 is 12.4 Å². The predicted octanol–water partition coefficient (Wildman–Crippen LogP) is 3.18. The molecule has 0 aromatic carbocycles. The molecule has 4 N–H and O–H groups in total. The van der Waals surface area contributed by atoms with Gasteiger partial charge in [0, 0.05) is 6.54 Å². The fourth-order valence-electron chi connectivity index (χ4n) is 2.11. The van der Waals surface area contributed by atoms with Crippen molar-refractivity contribution in [3.05, 3.63) is 58.7 Å². The van der Waals surface area contributed by atoms with Crippen LogP contribution in [0.4, 0.5) is 13.6 Å². The highest BCUT2D eigenvalue weighted by molar-refractivity contribution is 5.97. The minimum atomic E-state index is -0.802. The van der Waals surface area contributed by atoms with Crippen molar-refractivity contribution < 1.29 is 28.2 Å². The number of pyridine rings is 2. The number of aliphatic hydroxyl groups is 1. The number of hydrogen-bond acceptors (Lipinski definition) is 7. The van der Waals surface area contributed by atoms with E-state index in [-0.39, 0.29) is 37.0 Å². The topological polar surface area (TPSA) is 127 Å². The molecule has 0 aliphatic heterocycles. The third-order valence-corrected chi connectivity index (χ3v) is 3.76. The summed E-state index contributed by atoms with van der Waals surface area (Å²) in [7, 11) is 0. The van der Waals surface area contributed by atoms with Crippen LogP contribution in [0.1, 0.15) is 54.2 Å². The van der Waals surface area contributed by atoms with Crippen molar-refractivity contribution >= 4 is 24.3 Å². The normalized spacial score (nSPS) is 11.4. The van der Waals surface area contributed by atoms with E-state index in [0.29, 0.717) is 16.8 Å². The van der Waals surface area contributed by atoms with Crippen molar-refractivity contribution in [3.8, 4) is 0 Å². The molecule has 0 saturated carbocycles. The van der Waals surface area contributed by atoms with Crippen LogP contribution in [-0.4, -0.2) is 45.6 Å². The standard InChI is InChI=1S/C13H17FN2O3.C8H11FN2O.ClH/c1-8-5-10(15-6-9(8)14)11(17)7-16-12(18)19-13(2,3)4;1-5-2-7(8(12)3-10)11-4-6(5)9;/h5-6H,7H2,1-4H3,(H,16,18);2,4,8,12H,3,10H2,1H3;1H. The quantitative estimate of drug-likeness (QED) is 0.568. The molecule has 8 nitrogen and oxygen atoms in total. The Balaban J connectivity index is 0.000000639. The van der Waals surface area contributed by atoms with Crippen LogP contribution < -0.4 is 11.1 Å². The summed E-state index contributed by atoms with van der Waals surface area (Å²) in [4.78, 5) is 30.5. The number of Topliss-reactive ketones (excluding diaryl/α,β-unsaturated/α-hetero) is 1. The van der Waals surface area contributed by atoms with Crippen molar-refractivity contribution in [1.82, 2.24) is 15.3 Å². The van der Waals surface area contributed by atoms with Crippen LogP contribution in [0.25, 0.3) is 0 Å². The van der Waals surface area contributed by atoms with Crippen molar-refractivity contribution in [3.63, 3.8) is 0 Å². The Bertz CT molecular complexity index is 923. The Morgan fingerprint density at radius 3 is 2.12 bits per heavy atom. The van der Waals surface area contributed by atoms with E-state index in [1.807, 2.05) is 0 Å². The molecule has 0 radical (unpaired) electrons. The number of alkyl carbamates (subject to hydrolysis) is 1. The Kier molecular flexibility index (Phi) is 11.9. The fraction of sp³-hybridized carbons (Fsp3) is 0.429. The van der Waals surface area contributed by atoms with Gasteiger partial charge in [0.05, 0.1) is 24.6 Å². The monoisotopic (exact) mass is 474 g/mol. The smallest absolute Gasteiger partial charge is 0.408 e. The molecule has 1 atom stereocenters. The maximum absolute atomic E-state index is 13.0. The highest BCUT2D eigenvalue weighted by atomic mass is 35.5. The minimum absolute atomic E-state index is 0. The molecule has 1 unspecified atom stereocenters. The number of amides is 1. The molecule has 32 heavy (non-hydrogen) atoms. The zero-order chi connectivity index (χ0) is 23.8. The average molecular weight is 475 g/mol. The third kappa shape index (κ3) is 10.1. The van der Waals surface area contributed by atoms with E-state index in [0.717, 1.165) is 12.4 Å². The van der Waals surface area contributed by atoms with Crippen molar-refractivity contribution in [2.75, 3.05) is 13.1 Å². The number of ether oxygens (including phenoxy) is 1. The second-order valence-electron chi connectivity index (χ2n) is 7.71. The number of hydrogen-bond donors (Lipinski definition) is 3. The van der Waals surface area contributed by atoms with Crippen LogP contribution in [0.15, 0.2) is 24.5 Å². The number of nitrogens with two attached hydrogens (primary N) is 1. The maximum Gasteiger partial charge on any atom is 0.408 e. The highest BCUT2D eigenvalue weighted by Crippen LogP contribution is 2.12. The Morgan fingerprint density at radius 2 is 1.66 bits per heavy atom. The van der Waals surface area contributed by atoms with Crippen molar-refractivity contribution in [2.24, 2.45) is 5.73 Å². The van der Waals surface area contributed by atoms with E-state index in [1.165, 1.54) is 19.1 Å². The van der Waals surface area contributed by atoms with E-state index in [9.17, 15) is 23.5 Å². The average Bonchev–Trinajstić information content (AvgIpc) is 2.69. The molecule has 11 heteroatoms. The lowest BCUT2D eigenvalue weighted by molar-refractivity contribution is 0.0520. The van der Waals surface area contributed by atoms with Crippen LogP contribution in [0.3, 0.4) is 0 Å². The summed E-state index contributed by atoms with van der Waals surface area (Å²) in [5.41, 5.74) is 5.90. The highest BCUT2D eigenvalue weighted by Gasteiger charge is 2.17. The van der Waals surface area contributed by atoms with Crippen LogP contribution in [0.2, 0.25) is 0 Å². The van der Waals surface area contributed by atoms with Gasteiger partial charge in [-0.25, -0.2) is 18.6 Å². The van der Waals surface area contributed by atoms with Crippen LogP contribution in [-0.2, 0) is 4.74 Å². The first-order valence-corrected chi connectivity index (χ1v) is 9.46. The number of aliphatic hydroxyl groups excluding tert-OH is 1. The molecule has 178 valence electrons. The molecular weight excluding hydrogens is 446 g/mol. The number of nitrogens with one attached hydrogen (secondary N) is 1. The predicted molar refractivity (Wildman–Crippen MR) is 118 cm³/mol. The number of ketones is 1. The van der Waals surface area contributed by atoms with Gasteiger partial charge in [-0.15, -0.1) is 12.4 Å². The molecule has 2 heterocycles. The van der Waals surface area contributed by atoms with Gasteiger partial charge in [0.15, 0.2) is 5.78 Å². The first-order chi connectivity index (χ1) is 14.3. The summed E-state index contributed by atoms with van der Waals surface area (Å²) in [5.74, 6) is -1.26. The number of halogens is 3. The molecule has 0 spiro atoms. The van der Waals surface area contributed by atoms with E-state index in [1.54, 1.807) is 27.7 Å². The molecule has 0 bridgehead atoms. The van der Waals surface area contributed by atoms with Gasteiger partial charge in [-0.1, -0.05) is 0 Å². The summed E-state index contributed by atoms with van der Waals surface area (Å²) >= 11 is 0. The van der Waals surface area contributed by atoms with Gasteiger partial charge in [-0.3, -0.25) is 9.78 Å². The second-order valence-corrected chi connectivity index (χ2v) is 7.71. The Hall–Kier alpha value is -2.69. The molecule has 0 fully saturated rings. The molecule has 0 saturated heterocycles. The van der Waals surface area contributed by atoms with Gasteiger partial charge in [-0.2, -0.15) is 0 Å². The Labute approximate surface area is 192 Å². The summed E-state index contributed by atoms with van der Waals surface area (Å²) in [6, 6.07) is 2.83. The van der Waals surface area contributed by atoms with Crippen molar-refractivity contribution in [2.45, 2.75) is 46.3 Å². The lowest BCUT2D eigenvalue weighted by atomic mass is 10.2. The number of aryl methyl sites for hydroxylation is 2. The summed E-state index contributed by atoms with van der Waals surface area (Å²) < 4.78 is 30.7. The number of carbonyl (C=O) groups is 2. The largest absolute Gasteiger partial charge is 0.444 e. The molecule has 0 aliphatic rings. The number of carbonyl (C=O) groups excluding carboxylic acids is 2. The van der Waals surface area contributed by atoms with E-state index < -0.39 is 29.4 Å². The lowest BCUT2D eigenvalue weighted by Gasteiger charge is -2.19. The molecule has 1 amide bonds. The van der Waals surface area contributed by atoms with Gasteiger partial charge in [0.2, 0.25) is 0 Å². The number of rotatable bonds is 5. The van der Waals surface area contributed by atoms with E-state index in [2.05, 4.69) is 15.3 Å². The molecule has 0 aliphatic carbocycles. The third-order valence-electron chi connectivity index (χ3n) is 3.76. The summed E-state index contributed by atoms with van der Waals surface area (Å²) in [6.45, 7) is 8.17. The van der Waals surface area contributed by atoms with Gasteiger partial charge in [-0.05, 0) is 57.9 Å². The first kappa shape index (κ1) is 29.3. The van der Waals surface area contributed by atoms with Gasteiger partial charge in [0.25, 0.3) is 0 Å². The SMILES string of the molecule is Cc1cc(C(=O)CNC(=O)OC(C)(C)C)ncc1F.Cc1cc(C(O)CN)ncc1F.Cl. The fourth-order valence-corrected chi connectivity index (χ4v) is 2.11. The number of nitrogens with zero attached hydrogens (tertiary/aromatic N) is 2. The molecule has 2 rings (SSSR count). The van der Waals surface area contributed by atoms with Gasteiger partial charge < -0.3 is 20.9 Å². The van der Waals surface area contributed by atoms with Crippen LogP contribution in [0, 0.1) is 25.5 Å². The van der Waals surface area contributed by atoms with Crippen LogP contribution in [0.5, 0.6) is 0 Å².